The summed E-state index contributed by atoms with van der Waals surface area (Å²) in [7, 11) is 0. The molecule has 19 heavy (non-hydrogen) atoms. The van der Waals surface area contributed by atoms with Gasteiger partial charge in [0.25, 0.3) is 0 Å². The molecule has 0 aromatic carbocycles. The zero-order valence-corrected chi connectivity index (χ0v) is 11.3. The van der Waals surface area contributed by atoms with Crippen molar-refractivity contribution in [1.82, 2.24) is 0 Å². The molecule has 0 saturated heterocycles. The summed E-state index contributed by atoms with van der Waals surface area (Å²) in [4.78, 5) is 11.9. The first-order valence-electron chi connectivity index (χ1n) is 6.68. The molecule has 0 heterocycles. The summed E-state index contributed by atoms with van der Waals surface area (Å²) >= 11 is 0. The number of ether oxygens (including phenoxy) is 1. The van der Waals surface area contributed by atoms with Crippen LogP contribution in [0.15, 0.2) is 48.1 Å². The number of aliphatic hydroxyl groups is 1. The van der Waals surface area contributed by atoms with Crippen molar-refractivity contribution in [3.05, 3.63) is 48.1 Å². The first-order chi connectivity index (χ1) is 9.08. The lowest BCUT2D eigenvalue weighted by Gasteiger charge is -2.21. The highest BCUT2D eigenvalue weighted by atomic mass is 16.5. The molecule has 0 aliphatic heterocycles. The van der Waals surface area contributed by atoms with Crippen LogP contribution in [-0.4, -0.2) is 23.8 Å². The number of carbonyl (C=O) groups excluding carboxylic acids is 1. The smallest absolute Gasteiger partial charge is 0.337 e. The number of rotatable bonds is 3. The Balaban J connectivity index is 1.89. The van der Waals surface area contributed by atoms with Crippen molar-refractivity contribution in [2.45, 2.75) is 20.0 Å². The van der Waals surface area contributed by atoms with Gasteiger partial charge in [-0.1, -0.05) is 50.3 Å². The van der Waals surface area contributed by atoms with Crippen LogP contribution in [0.3, 0.4) is 0 Å². The van der Waals surface area contributed by atoms with Crippen LogP contribution in [-0.2, 0) is 9.53 Å². The van der Waals surface area contributed by atoms with E-state index in [4.69, 9.17) is 4.74 Å². The van der Waals surface area contributed by atoms with Crippen molar-refractivity contribution in [3.8, 4) is 0 Å². The third-order valence-electron chi connectivity index (χ3n) is 3.66. The van der Waals surface area contributed by atoms with Gasteiger partial charge < -0.3 is 9.84 Å². The van der Waals surface area contributed by atoms with Gasteiger partial charge in [-0.25, -0.2) is 4.79 Å². The second kappa shape index (κ2) is 6.02. The molecule has 2 aliphatic carbocycles. The van der Waals surface area contributed by atoms with Gasteiger partial charge in [0.2, 0.25) is 0 Å². The lowest BCUT2D eigenvalue weighted by atomic mass is 9.91. The molecule has 4 atom stereocenters. The van der Waals surface area contributed by atoms with E-state index in [2.05, 4.69) is 19.1 Å². The Labute approximate surface area is 114 Å². The summed E-state index contributed by atoms with van der Waals surface area (Å²) in [5.41, 5.74) is 0.529. The van der Waals surface area contributed by atoms with E-state index in [0.717, 1.165) is 0 Å². The van der Waals surface area contributed by atoms with E-state index in [9.17, 15) is 9.90 Å². The predicted molar refractivity (Wildman–Crippen MR) is 74.3 cm³/mol. The SMILES string of the molecule is CC1C=C(C(=O)OCC2C=CC=CC2C)C=CC1O. The van der Waals surface area contributed by atoms with E-state index < -0.39 is 6.10 Å². The second-order valence-electron chi connectivity index (χ2n) is 5.22. The predicted octanol–water partition coefficient (Wildman–Crippen LogP) is 2.40. The minimum atomic E-state index is -0.511. The maximum absolute atomic E-state index is 11.9. The molecular formula is C16H20O3. The Morgan fingerprint density at radius 1 is 1.21 bits per heavy atom. The molecule has 2 rings (SSSR count). The monoisotopic (exact) mass is 260 g/mol. The van der Waals surface area contributed by atoms with Crippen LogP contribution in [0.1, 0.15) is 13.8 Å². The number of hydrogen-bond donors (Lipinski definition) is 1. The standard InChI is InChI=1S/C16H20O3/c1-11-5-3-4-6-14(11)10-19-16(18)13-7-8-15(17)12(2)9-13/h3-9,11-12,14-15,17H,10H2,1-2H3. The lowest BCUT2D eigenvalue weighted by Crippen LogP contribution is -2.22. The molecular weight excluding hydrogens is 240 g/mol. The summed E-state index contributed by atoms with van der Waals surface area (Å²) in [6.45, 7) is 4.37. The second-order valence-corrected chi connectivity index (χ2v) is 5.22. The van der Waals surface area contributed by atoms with Crippen LogP contribution >= 0.6 is 0 Å². The molecule has 0 amide bonds. The van der Waals surface area contributed by atoms with E-state index in [1.807, 2.05) is 19.1 Å². The highest BCUT2D eigenvalue weighted by Crippen LogP contribution is 2.21. The van der Waals surface area contributed by atoms with Gasteiger partial charge in [0.1, 0.15) is 0 Å². The topological polar surface area (TPSA) is 46.5 Å². The number of esters is 1. The van der Waals surface area contributed by atoms with E-state index in [-0.39, 0.29) is 17.8 Å². The van der Waals surface area contributed by atoms with Crippen molar-refractivity contribution in [2.24, 2.45) is 17.8 Å². The molecule has 0 aromatic rings. The van der Waals surface area contributed by atoms with Crippen LogP contribution in [0.4, 0.5) is 0 Å². The highest BCUT2D eigenvalue weighted by Gasteiger charge is 2.21. The van der Waals surface area contributed by atoms with Gasteiger partial charge in [-0.2, -0.15) is 0 Å². The fourth-order valence-corrected chi connectivity index (χ4v) is 2.18. The van der Waals surface area contributed by atoms with Crippen LogP contribution in [0.2, 0.25) is 0 Å². The molecule has 0 fully saturated rings. The van der Waals surface area contributed by atoms with E-state index in [1.165, 1.54) is 0 Å². The number of aliphatic hydroxyl groups excluding tert-OH is 1. The van der Waals surface area contributed by atoms with E-state index >= 15 is 0 Å². The molecule has 2 aliphatic rings. The van der Waals surface area contributed by atoms with Gasteiger partial charge in [-0.15, -0.1) is 0 Å². The Morgan fingerprint density at radius 2 is 1.95 bits per heavy atom. The number of allylic oxidation sites excluding steroid dienone is 3. The van der Waals surface area contributed by atoms with Crippen molar-refractivity contribution < 1.29 is 14.6 Å². The molecule has 0 bridgehead atoms. The molecule has 102 valence electrons. The van der Waals surface area contributed by atoms with Crippen molar-refractivity contribution in [3.63, 3.8) is 0 Å². The number of carbonyl (C=O) groups is 1. The van der Waals surface area contributed by atoms with Crippen molar-refractivity contribution >= 4 is 5.97 Å². The zero-order chi connectivity index (χ0) is 13.8. The van der Waals surface area contributed by atoms with Gasteiger partial charge >= 0.3 is 5.97 Å². The van der Waals surface area contributed by atoms with Gasteiger partial charge in [-0.3, -0.25) is 0 Å². The summed E-state index contributed by atoms with van der Waals surface area (Å²) in [6.07, 6.45) is 12.7. The first-order valence-corrected chi connectivity index (χ1v) is 6.68. The Morgan fingerprint density at radius 3 is 2.63 bits per heavy atom. The Bertz CT molecular complexity index is 457. The largest absolute Gasteiger partial charge is 0.461 e. The van der Waals surface area contributed by atoms with Gasteiger partial charge in [0.15, 0.2) is 0 Å². The van der Waals surface area contributed by atoms with Crippen LogP contribution in [0.5, 0.6) is 0 Å². The minimum absolute atomic E-state index is 0.0519. The quantitative estimate of drug-likeness (QED) is 0.793. The molecule has 4 unspecified atom stereocenters. The maximum atomic E-state index is 11.9. The molecule has 3 nitrogen and oxygen atoms in total. The fraction of sp³-hybridized carbons (Fsp3) is 0.438. The lowest BCUT2D eigenvalue weighted by molar-refractivity contribution is -0.139. The minimum Gasteiger partial charge on any atom is -0.461 e. The van der Waals surface area contributed by atoms with Crippen LogP contribution in [0, 0.1) is 17.8 Å². The summed E-state index contributed by atoms with van der Waals surface area (Å²) in [5, 5.41) is 9.55. The normalized spacial score (nSPS) is 33.1. The van der Waals surface area contributed by atoms with Gasteiger partial charge in [0.05, 0.1) is 18.3 Å². The third-order valence-corrected chi connectivity index (χ3v) is 3.66. The van der Waals surface area contributed by atoms with Gasteiger partial charge in [-0.05, 0) is 12.0 Å². The van der Waals surface area contributed by atoms with Crippen LogP contribution in [0.25, 0.3) is 0 Å². The molecule has 0 radical (unpaired) electrons. The van der Waals surface area contributed by atoms with Crippen molar-refractivity contribution in [2.75, 3.05) is 6.61 Å². The highest BCUT2D eigenvalue weighted by molar-refractivity contribution is 5.91. The molecule has 0 spiro atoms. The molecule has 1 N–H and O–H groups in total. The van der Waals surface area contributed by atoms with Crippen molar-refractivity contribution in [1.29, 1.82) is 0 Å². The van der Waals surface area contributed by atoms with E-state index in [1.54, 1.807) is 18.2 Å². The summed E-state index contributed by atoms with van der Waals surface area (Å²) < 4.78 is 5.35. The van der Waals surface area contributed by atoms with Gasteiger partial charge in [0, 0.05) is 11.8 Å². The Kier molecular flexibility index (Phi) is 4.38. The Hall–Kier alpha value is -1.61. The molecule has 3 heteroatoms. The average Bonchev–Trinajstić information content (AvgIpc) is 2.40. The first kappa shape index (κ1) is 13.8. The average molecular weight is 260 g/mol. The fourth-order valence-electron chi connectivity index (χ4n) is 2.18. The number of hydrogen-bond acceptors (Lipinski definition) is 3. The summed E-state index contributed by atoms with van der Waals surface area (Å²) in [5.74, 6) is 0.258. The molecule has 0 aromatic heterocycles. The van der Waals surface area contributed by atoms with E-state index in [0.29, 0.717) is 18.1 Å². The maximum Gasteiger partial charge on any atom is 0.337 e. The zero-order valence-electron chi connectivity index (χ0n) is 11.3. The summed E-state index contributed by atoms with van der Waals surface area (Å²) in [6, 6.07) is 0. The molecule has 0 saturated carbocycles. The third kappa shape index (κ3) is 3.44. The van der Waals surface area contributed by atoms with Crippen LogP contribution < -0.4 is 0 Å².